The third kappa shape index (κ3) is 6.42. The first-order valence-corrected chi connectivity index (χ1v) is 9.28. The minimum atomic E-state index is -0.356. The highest BCUT2D eigenvalue weighted by Crippen LogP contribution is 2.16. The number of amides is 2. The molecule has 0 aliphatic carbocycles. The standard InChI is InChI=1S/C19H21N3O2S2/c1-19(2,3)22-17(24)14-8-4-5-9-15(14)20-18(25)21-16(23)11-10-13-7-6-12-26-13/h4-12H,1-3H3,(H,22,24)(H2,20,21,23,25)/b11-10+. The number of hydrogen-bond acceptors (Lipinski definition) is 4. The second-order valence-corrected chi connectivity index (χ2v) is 7.93. The van der Waals surface area contributed by atoms with Crippen molar-refractivity contribution in [2.45, 2.75) is 26.3 Å². The van der Waals surface area contributed by atoms with Crippen molar-refractivity contribution in [2.75, 3.05) is 5.32 Å². The second kappa shape index (κ2) is 8.73. The van der Waals surface area contributed by atoms with Crippen molar-refractivity contribution in [3.63, 3.8) is 0 Å². The summed E-state index contributed by atoms with van der Waals surface area (Å²) in [4.78, 5) is 25.3. The highest BCUT2D eigenvalue weighted by atomic mass is 32.1. The molecule has 0 bridgehead atoms. The number of thiocarbonyl (C=S) groups is 1. The predicted octanol–water partition coefficient (Wildman–Crippen LogP) is 3.80. The molecule has 0 radical (unpaired) electrons. The first kappa shape index (κ1) is 19.8. The summed E-state index contributed by atoms with van der Waals surface area (Å²) in [5.74, 6) is -0.556. The van der Waals surface area contributed by atoms with Crippen LogP contribution >= 0.6 is 23.6 Å². The summed E-state index contributed by atoms with van der Waals surface area (Å²) in [6.07, 6.45) is 3.13. The van der Waals surface area contributed by atoms with Gasteiger partial charge in [0, 0.05) is 16.5 Å². The van der Waals surface area contributed by atoms with Crippen LogP contribution in [0.1, 0.15) is 36.0 Å². The fraction of sp³-hybridized carbons (Fsp3) is 0.211. The summed E-state index contributed by atoms with van der Waals surface area (Å²) >= 11 is 6.71. The highest BCUT2D eigenvalue weighted by molar-refractivity contribution is 7.80. The van der Waals surface area contributed by atoms with E-state index in [9.17, 15) is 9.59 Å². The van der Waals surface area contributed by atoms with E-state index in [1.165, 1.54) is 17.4 Å². The van der Waals surface area contributed by atoms with Gasteiger partial charge in [-0.25, -0.2) is 0 Å². The van der Waals surface area contributed by atoms with Crippen LogP contribution in [-0.4, -0.2) is 22.5 Å². The van der Waals surface area contributed by atoms with Gasteiger partial charge < -0.3 is 10.6 Å². The molecule has 2 aromatic rings. The third-order valence-corrected chi connectivity index (χ3v) is 4.13. The minimum absolute atomic E-state index is 0.127. The number of para-hydroxylation sites is 1. The summed E-state index contributed by atoms with van der Waals surface area (Å²) in [5.41, 5.74) is 0.626. The maximum absolute atomic E-state index is 12.4. The van der Waals surface area contributed by atoms with Crippen LogP contribution in [0.15, 0.2) is 47.9 Å². The zero-order valence-corrected chi connectivity index (χ0v) is 16.5. The molecule has 0 fully saturated rings. The van der Waals surface area contributed by atoms with E-state index in [1.54, 1.807) is 30.3 Å². The maximum Gasteiger partial charge on any atom is 0.253 e. The van der Waals surface area contributed by atoms with E-state index in [0.717, 1.165) is 4.88 Å². The summed E-state index contributed by atoms with van der Waals surface area (Å²) in [5, 5.41) is 10.4. The van der Waals surface area contributed by atoms with E-state index in [0.29, 0.717) is 11.3 Å². The van der Waals surface area contributed by atoms with Gasteiger partial charge in [0.1, 0.15) is 0 Å². The van der Waals surface area contributed by atoms with Gasteiger partial charge in [-0.1, -0.05) is 18.2 Å². The Balaban J connectivity index is 2.00. The molecule has 1 heterocycles. The lowest BCUT2D eigenvalue weighted by Crippen LogP contribution is -2.41. The molecule has 0 aliphatic rings. The Bertz CT molecular complexity index is 822. The fourth-order valence-corrected chi connectivity index (χ4v) is 2.88. The molecule has 0 saturated carbocycles. The van der Waals surface area contributed by atoms with Crippen LogP contribution in [-0.2, 0) is 4.79 Å². The molecule has 1 aromatic carbocycles. The molecule has 3 N–H and O–H groups in total. The number of anilines is 1. The number of hydrogen-bond donors (Lipinski definition) is 3. The van der Waals surface area contributed by atoms with E-state index in [1.807, 2.05) is 38.3 Å². The third-order valence-electron chi connectivity index (χ3n) is 3.09. The number of carbonyl (C=O) groups excluding carboxylic acids is 2. The number of nitrogens with one attached hydrogen (secondary N) is 3. The number of carbonyl (C=O) groups is 2. The quantitative estimate of drug-likeness (QED) is 0.551. The topological polar surface area (TPSA) is 70.2 Å². The predicted molar refractivity (Wildman–Crippen MR) is 111 cm³/mol. The average molecular weight is 388 g/mol. The van der Waals surface area contributed by atoms with E-state index in [-0.39, 0.29) is 22.5 Å². The molecule has 0 unspecified atom stereocenters. The van der Waals surface area contributed by atoms with Crippen molar-refractivity contribution in [1.29, 1.82) is 0 Å². The van der Waals surface area contributed by atoms with Gasteiger partial charge in [0.15, 0.2) is 5.11 Å². The molecule has 0 spiro atoms. The van der Waals surface area contributed by atoms with Gasteiger partial charge >= 0.3 is 0 Å². The smallest absolute Gasteiger partial charge is 0.253 e. The van der Waals surface area contributed by atoms with Crippen molar-refractivity contribution < 1.29 is 9.59 Å². The molecule has 0 atom stereocenters. The Morgan fingerprint density at radius 3 is 2.50 bits per heavy atom. The van der Waals surface area contributed by atoms with Crippen molar-refractivity contribution in [3.05, 3.63) is 58.3 Å². The maximum atomic E-state index is 12.4. The Kier molecular flexibility index (Phi) is 6.65. The molecule has 2 rings (SSSR count). The first-order valence-electron chi connectivity index (χ1n) is 8.00. The molecule has 0 saturated heterocycles. The Morgan fingerprint density at radius 1 is 1.12 bits per heavy atom. The van der Waals surface area contributed by atoms with Crippen LogP contribution < -0.4 is 16.0 Å². The number of thiophene rings is 1. The van der Waals surface area contributed by atoms with Crippen LogP contribution in [0.3, 0.4) is 0 Å². The van der Waals surface area contributed by atoms with E-state index < -0.39 is 0 Å². The van der Waals surface area contributed by atoms with Gasteiger partial charge in [-0.15, -0.1) is 11.3 Å². The zero-order chi connectivity index (χ0) is 19.2. The number of rotatable bonds is 4. The average Bonchev–Trinajstić information content (AvgIpc) is 3.05. The summed E-state index contributed by atoms with van der Waals surface area (Å²) in [6.45, 7) is 5.73. The lowest BCUT2D eigenvalue weighted by Gasteiger charge is -2.21. The van der Waals surface area contributed by atoms with E-state index in [4.69, 9.17) is 12.2 Å². The normalized spacial score (nSPS) is 11.2. The molecule has 136 valence electrons. The lowest BCUT2D eigenvalue weighted by molar-refractivity contribution is -0.115. The van der Waals surface area contributed by atoms with Crippen molar-refractivity contribution in [3.8, 4) is 0 Å². The highest BCUT2D eigenvalue weighted by Gasteiger charge is 2.18. The van der Waals surface area contributed by atoms with Gasteiger partial charge in [0.2, 0.25) is 5.91 Å². The monoisotopic (exact) mass is 387 g/mol. The second-order valence-electron chi connectivity index (χ2n) is 6.54. The summed E-state index contributed by atoms with van der Waals surface area (Å²) in [6, 6.07) is 10.8. The van der Waals surface area contributed by atoms with Gasteiger partial charge in [0.05, 0.1) is 11.3 Å². The summed E-state index contributed by atoms with van der Waals surface area (Å²) < 4.78 is 0. The van der Waals surface area contributed by atoms with Crippen molar-refractivity contribution in [1.82, 2.24) is 10.6 Å². The molecule has 0 aliphatic heterocycles. The van der Waals surface area contributed by atoms with Crippen LogP contribution in [0.5, 0.6) is 0 Å². The molecular formula is C19H21N3O2S2. The van der Waals surface area contributed by atoms with Crippen LogP contribution in [0.25, 0.3) is 6.08 Å². The molecule has 26 heavy (non-hydrogen) atoms. The first-order chi connectivity index (χ1) is 12.2. The van der Waals surface area contributed by atoms with Crippen molar-refractivity contribution >= 4 is 52.2 Å². The van der Waals surface area contributed by atoms with Crippen LogP contribution in [0.2, 0.25) is 0 Å². The SMILES string of the molecule is CC(C)(C)NC(=O)c1ccccc1NC(=S)NC(=O)/C=C/c1cccs1. The molecular weight excluding hydrogens is 366 g/mol. The van der Waals surface area contributed by atoms with Crippen molar-refractivity contribution in [2.24, 2.45) is 0 Å². The van der Waals surface area contributed by atoms with Crippen LogP contribution in [0.4, 0.5) is 5.69 Å². The molecule has 5 nitrogen and oxygen atoms in total. The zero-order valence-electron chi connectivity index (χ0n) is 14.8. The molecule has 2 amide bonds. The molecule has 7 heteroatoms. The fourth-order valence-electron chi connectivity index (χ4n) is 2.05. The van der Waals surface area contributed by atoms with E-state index >= 15 is 0 Å². The van der Waals surface area contributed by atoms with E-state index in [2.05, 4.69) is 16.0 Å². The Labute approximate surface area is 162 Å². The van der Waals surface area contributed by atoms with Gasteiger partial charge in [-0.2, -0.15) is 0 Å². The summed E-state index contributed by atoms with van der Waals surface area (Å²) in [7, 11) is 0. The Hall–Kier alpha value is -2.51. The van der Waals surface area contributed by atoms with Gasteiger partial charge in [-0.05, 0) is 62.6 Å². The number of benzene rings is 1. The molecule has 1 aromatic heterocycles. The largest absolute Gasteiger partial charge is 0.347 e. The van der Waals surface area contributed by atoms with Gasteiger partial charge in [0.25, 0.3) is 5.91 Å². The van der Waals surface area contributed by atoms with Crippen LogP contribution in [0, 0.1) is 0 Å². The lowest BCUT2D eigenvalue weighted by atomic mass is 10.1. The Morgan fingerprint density at radius 2 is 1.85 bits per heavy atom. The van der Waals surface area contributed by atoms with Gasteiger partial charge in [-0.3, -0.25) is 14.9 Å². The minimum Gasteiger partial charge on any atom is -0.347 e.